The Labute approximate surface area is 212 Å². The number of hydrogen-bond acceptors (Lipinski definition) is 8. The van der Waals surface area contributed by atoms with Crippen LogP contribution in [-0.4, -0.2) is 41.5 Å². The number of aromatic nitrogens is 1. The molecule has 2 aromatic carbocycles. The first-order valence-electron chi connectivity index (χ1n) is 11.3. The molecule has 4 rings (SSSR count). The van der Waals surface area contributed by atoms with Crippen LogP contribution in [0, 0.1) is 20.8 Å². The Balaban J connectivity index is 1.92. The van der Waals surface area contributed by atoms with E-state index in [-0.39, 0.29) is 27.9 Å². The van der Waals surface area contributed by atoms with Gasteiger partial charge in [-0.25, -0.2) is 9.78 Å². The molecule has 1 aromatic heterocycles. The van der Waals surface area contributed by atoms with Crippen molar-refractivity contribution in [1.82, 2.24) is 4.98 Å². The number of amides is 1. The molecule has 0 bridgehead atoms. The minimum Gasteiger partial charge on any atom is -0.507 e. The van der Waals surface area contributed by atoms with Crippen molar-refractivity contribution in [2.24, 2.45) is 0 Å². The van der Waals surface area contributed by atoms with Gasteiger partial charge in [0.1, 0.15) is 16.4 Å². The largest absolute Gasteiger partial charge is 0.507 e. The first-order chi connectivity index (χ1) is 17.2. The molecule has 36 heavy (non-hydrogen) atoms. The number of esters is 1. The predicted molar refractivity (Wildman–Crippen MR) is 137 cm³/mol. The number of rotatable bonds is 6. The molecule has 1 fully saturated rings. The Morgan fingerprint density at radius 2 is 1.81 bits per heavy atom. The molecule has 0 radical (unpaired) electrons. The molecular formula is C27H26N2O6S. The van der Waals surface area contributed by atoms with Crippen molar-refractivity contribution in [3.8, 4) is 5.75 Å². The second-order valence-electron chi connectivity index (χ2n) is 8.39. The molecule has 186 valence electrons. The van der Waals surface area contributed by atoms with E-state index in [0.717, 1.165) is 16.9 Å². The minimum absolute atomic E-state index is 0.0531. The molecule has 1 atom stereocenters. The van der Waals surface area contributed by atoms with E-state index in [1.165, 1.54) is 12.0 Å². The summed E-state index contributed by atoms with van der Waals surface area (Å²) in [6.07, 6.45) is 0. The summed E-state index contributed by atoms with van der Waals surface area (Å²) < 4.78 is 10.4. The first kappa shape index (κ1) is 25.1. The maximum atomic E-state index is 13.4. The molecule has 3 aromatic rings. The summed E-state index contributed by atoms with van der Waals surface area (Å²) in [5.74, 6) is -1.91. The zero-order valence-corrected chi connectivity index (χ0v) is 21.4. The molecular weight excluding hydrogens is 480 g/mol. The standard InChI is InChI=1S/C27H26N2O6S/c1-6-35-26(33)24-16(4)28-27(36-24)29-21(17-9-7-14(2)8-10-17)20(23(31)25(29)32)22(30)19-12-11-18(34-5)13-15(19)3/h7-13,21,30H,6H2,1-5H3/t21-/m1/s1. The van der Waals surface area contributed by atoms with Gasteiger partial charge in [0, 0.05) is 5.56 Å². The second-order valence-corrected chi connectivity index (χ2v) is 9.37. The fourth-order valence-corrected chi connectivity index (χ4v) is 5.13. The number of benzene rings is 2. The van der Waals surface area contributed by atoms with Crippen LogP contribution in [-0.2, 0) is 14.3 Å². The number of aryl methyl sites for hydroxylation is 3. The Morgan fingerprint density at radius 1 is 1.11 bits per heavy atom. The highest BCUT2D eigenvalue weighted by Gasteiger charge is 2.48. The summed E-state index contributed by atoms with van der Waals surface area (Å²) in [5.41, 5.74) is 3.05. The van der Waals surface area contributed by atoms with Crippen molar-refractivity contribution in [1.29, 1.82) is 0 Å². The van der Waals surface area contributed by atoms with Crippen molar-refractivity contribution in [3.05, 3.63) is 80.9 Å². The molecule has 0 saturated carbocycles. The summed E-state index contributed by atoms with van der Waals surface area (Å²) in [6, 6.07) is 11.5. The summed E-state index contributed by atoms with van der Waals surface area (Å²) in [5, 5.41) is 11.5. The van der Waals surface area contributed by atoms with Crippen LogP contribution in [0.3, 0.4) is 0 Å². The van der Waals surface area contributed by atoms with E-state index < -0.39 is 23.7 Å². The molecule has 1 aliphatic rings. The molecule has 2 heterocycles. The summed E-state index contributed by atoms with van der Waals surface area (Å²) in [7, 11) is 1.54. The normalized spacial score (nSPS) is 16.9. The number of hydrogen-bond donors (Lipinski definition) is 1. The molecule has 0 unspecified atom stereocenters. The molecule has 1 aliphatic heterocycles. The lowest BCUT2D eigenvalue weighted by molar-refractivity contribution is -0.132. The number of carbonyl (C=O) groups is 3. The van der Waals surface area contributed by atoms with Gasteiger partial charge in [-0.15, -0.1) is 0 Å². The van der Waals surface area contributed by atoms with Crippen molar-refractivity contribution in [2.75, 3.05) is 18.6 Å². The van der Waals surface area contributed by atoms with Crippen LogP contribution in [0.2, 0.25) is 0 Å². The Morgan fingerprint density at radius 3 is 2.42 bits per heavy atom. The number of methoxy groups -OCH3 is 1. The third-order valence-electron chi connectivity index (χ3n) is 5.98. The van der Waals surface area contributed by atoms with Crippen LogP contribution in [0.4, 0.5) is 5.13 Å². The van der Waals surface area contributed by atoms with E-state index in [0.29, 0.717) is 28.1 Å². The Hall–Kier alpha value is -3.98. The predicted octanol–water partition coefficient (Wildman–Crippen LogP) is 4.88. The van der Waals surface area contributed by atoms with E-state index >= 15 is 0 Å². The van der Waals surface area contributed by atoms with Gasteiger partial charge in [-0.2, -0.15) is 0 Å². The average molecular weight is 507 g/mol. The Kier molecular flexibility index (Phi) is 6.94. The highest BCUT2D eigenvalue weighted by atomic mass is 32.1. The van der Waals surface area contributed by atoms with Gasteiger partial charge in [-0.1, -0.05) is 41.2 Å². The van der Waals surface area contributed by atoms with Gasteiger partial charge in [0.05, 0.1) is 31.0 Å². The first-order valence-corrected chi connectivity index (χ1v) is 12.2. The number of carbonyl (C=O) groups excluding carboxylic acids is 3. The van der Waals surface area contributed by atoms with Crippen molar-refractivity contribution >= 4 is 39.9 Å². The number of nitrogens with zero attached hydrogens (tertiary/aromatic N) is 2. The molecule has 0 spiro atoms. The third-order valence-corrected chi connectivity index (χ3v) is 7.12. The van der Waals surface area contributed by atoms with Crippen molar-refractivity contribution < 1.29 is 29.0 Å². The highest BCUT2D eigenvalue weighted by Crippen LogP contribution is 2.44. The van der Waals surface area contributed by atoms with Crippen LogP contribution in [0.1, 0.15) is 50.6 Å². The lowest BCUT2D eigenvalue weighted by Crippen LogP contribution is -2.29. The van der Waals surface area contributed by atoms with Gasteiger partial charge in [-0.05, 0) is 57.0 Å². The van der Waals surface area contributed by atoms with E-state index in [1.807, 2.05) is 19.1 Å². The Bertz CT molecular complexity index is 1390. The van der Waals surface area contributed by atoms with Gasteiger partial charge >= 0.3 is 11.9 Å². The van der Waals surface area contributed by atoms with Gasteiger partial charge in [0.15, 0.2) is 5.13 Å². The number of aliphatic hydroxyl groups excluding tert-OH is 1. The van der Waals surface area contributed by atoms with Crippen LogP contribution < -0.4 is 9.64 Å². The zero-order chi connectivity index (χ0) is 26.1. The van der Waals surface area contributed by atoms with Crippen molar-refractivity contribution in [2.45, 2.75) is 33.7 Å². The zero-order valence-electron chi connectivity index (χ0n) is 20.6. The van der Waals surface area contributed by atoms with Gasteiger partial charge in [-0.3, -0.25) is 14.5 Å². The molecule has 1 amide bonds. The van der Waals surface area contributed by atoms with Crippen LogP contribution >= 0.6 is 11.3 Å². The number of Topliss-reactive ketones (excluding diaryl/α,β-unsaturated/α-hetero) is 1. The average Bonchev–Trinajstić information content (AvgIpc) is 3.36. The lowest BCUT2D eigenvalue weighted by Gasteiger charge is -2.23. The van der Waals surface area contributed by atoms with Crippen LogP contribution in [0.15, 0.2) is 48.0 Å². The van der Waals surface area contributed by atoms with Crippen LogP contribution in [0.25, 0.3) is 5.76 Å². The third kappa shape index (κ3) is 4.37. The number of ether oxygens (including phenoxy) is 2. The molecule has 0 aliphatic carbocycles. The molecule has 1 saturated heterocycles. The van der Waals surface area contributed by atoms with Gasteiger partial charge in [0.2, 0.25) is 0 Å². The number of ketones is 1. The molecule has 1 N–H and O–H groups in total. The monoisotopic (exact) mass is 506 g/mol. The summed E-state index contributed by atoms with van der Waals surface area (Å²) in [4.78, 5) is 45.1. The maximum absolute atomic E-state index is 13.4. The molecule has 8 nitrogen and oxygen atoms in total. The minimum atomic E-state index is -0.937. The van der Waals surface area contributed by atoms with Crippen molar-refractivity contribution in [3.63, 3.8) is 0 Å². The quantitative estimate of drug-likeness (QED) is 0.220. The van der Waals surface area contributed by atoms with Crippen LogP contribution in [0.5, 0.6) is 5.75 Å². The SMILES string of the molecule is CCOC(=O)c1sc(N2C(=O)C(=O)C(=C(O)c3ccc(OC)cc3C)[C@H]2c2ccc(C)cc2)nc1C. The molecule has 9 heteroatoms. The number of aliphatic hydroxyl groups is 1. The van der Waals surface area contributed by atoms with Gasteiger partial charge < -0.3 is 14.6 Å². The smallest absolute Gasteiger partial charge is 0.350 e. The van der Waals surface area contributed by atoms with E-state index in [9.17, 15) is 19.5 Å². The van der Waals surface area contributed by atoms with E-state index in [4.69, 9.17) is 9.47 Å². The number of thiazole rings is 1. The number of anilines is 1. The fraction of sp³-hybridized carbons (Fsp3) is 0.259. The summed E-state index contributed by atoms with van der Waals surface area (Å²) in [6.45, 7) is 7.25. The van der Waals surface area contributed by atoms with E-state index in [1.54, 1.807) is 51.1 Å². The highest BCUT2D eigenvalue weighted by molar-refractivity contribution is 7.17. The topological polar surface area (TPSA) is 106 Å². The van der Waals surface area contributed by atoms with E-state index in [2.05, 4.69) is 4.98 Å². The summed E-state index contributed by atoms with van der Waals surface area (Å²) >= 11 is 0.976. The lowest BCUT2D eigenvalue weighted by atomic mass is 9.93. The fourth-order valence-electron chi connectivity index (χ4n) is 4.14. The van der Waals surface area contributed by atoms with Gasteiger partial charge in [0.25, 0.3) is 5.78 Å². The second kappa shape index (κ2) is 9.94. The maximum Gasteiger partial charge on any atom is 0.350 e.